The minimum Gasteiger partial charge on any atom is -0.461 e. The third-order valence-electron chi connectivity index (χ3n) is 4.76. The molecule has 7 heteroatoms. The number of nitrogens with one attached hydrogen (secondary N) is 1. The zero-order valence-electron chi connectivity index (χ0n) is 18.0. The van der Waals surface area contributed by atoms with E-state index in [0.29, 0.717) is 43.9 Å². The standard InChI is InChI=1S/C23H29N3O4/c1-5-29-21(27)19-15-18(24-25-19)20(16-9-7-6-8-10-16)17-11-13-26(14-12-17)22(28)30-23(2,3)4/h6-10,15H,5,11-14H2,1-4H3,(H,24,25). The smallest absolute Gasteiger partial charge is 0.410 e. The van der Waals surface area contributed by atoms with E-state index in [1.807, 2.05) is 51.1 Å². The summed E-state index contributed by atoms with van der Waals surface area (Å²) in [6.07, 6.45) is 1.14. The number of ether oxygens (including phenoxy) is 2. The second-order valence-electron chi connectivity index (χ2n) is 8.20. The lowest BCUT2D eigenvalue weighted by Crippen LogP contribution is -2.40. The second kappa shape index (κ2) is 9.15. The van der Waals surface area contributed by atoms with E-state index in [0.717, 1.165) is 11.1 Å². The molecule has 0 unspecified atom stereocenters. The highest BCUT2D eigenvalue weighted by molar-refractivity contribution is 5.90. The van der Waals surface area contributed by atoms with E-state index in [-0.39, 0.29) is 6.09 Å². The summed E-state index contributed by atoms with van der Waals surface area (Å²) < 4.78 is 10.6. The maximum Gasteiger partial charge on any atom is 0.410 e. The van der Waals surface area contributed by atoms with E-state index in [1.54, 1.807) is 17.9 Å². The summed E-state index contributed by atoms with van der Waals surface area (Å²) in [5, 5.41) is 7.17. The lowest BCUT2D eigenvalue weighted by Gasteiger charge is -2.31. The Kier molecular flexibility index (Phi) is 6.59. The first-order valence-electron chi connectivity index (χ1n) is 10.3. The maximum atomic E-state index is 12.4. The molecular weight excluding hydrogens is 382 g/mol. The highest BCUT2D eigenvalue weighted by Gasteiger charge is 2.27. The molecule has 1 aliphatic rings. The average Bonchev–Trinajstić information content (AvgIpc) is 3.18. The summed E-state index contributed by atoms with van der Waals surface area (Å²) in [4.78, 5) is 26.2. The molecule has 0 aliphatic carbocycles. The molecule has 0 saturated carbocycles. The van der Waals surface area contributed by atoms with Gasteiger partial charge in [-0.2, -0.15) is 5.10 Å². The van der Waals surface area contributed by atoms with Crippen molar-refractivity contribution in [1.82, 2.24) is 15.1 Å². The fraction of sp³-hybridized carbons (Fsp3) is 0.435. The molecule has 0 radical (unpaired) electrons. The first kappa shape index (κ1) is 21.6. The van der Waals surface area contributed by atoms with Gasteiger partial charge < -0.3 is 14.4 Å². The molecule has 0 bridgehead atoms. The van der Waals surface area contributed by atoms with Crippen molar-refractivity contribution in [3.05, 3.63) is 58.9 Å². The van der Waals surface area contributed by atoms with Gasteiger partial charge in [-0.1, -0.05) is 35.9 Å². The quantitative estimate of drug-likeness (QED) is 0.753. The van der Waals surface area contributed by atoms with E-state index < -0.39 is 11.6 Å². The van der Waals surface area contributed by atoms with E-state index in [9.17, 15) is 9.59 Å². The number of benzene rings is 1. The molecular formula is C23H29N3O4. The Morgan fingerprint density at radius 2 is 1.80 bits per heavy atom. The van der Waals surface area contributed by atoms with Crippen LogP contribution in [0.15, 0.2) is 42.0 Å². The monoisotopic (exact) mass is 411 g/mol. The number of piperidine rings is 1. The molecule has 1 fully saturated rings. The van der Waals surface area contributed by atoms with Crippen LogP contribution < -0.4 is 0 Å². The Labute approximate surface area is 177 Å². The Morgan fingerprint density at radius 1 is 1.13 bits per heavy atom. The minimum atomic E-state index is -0.513. The largest absolute Gasteiger partial charge is 0.461 e. The van der Waals surface area contributed by atoms with E-state index in [2.05, 4.69) is 10.2 Å². The van der Waals surface area contributed by atoms with E-state index in [4.69, 9.17) is 9.47 Å². The third kappa shape index (κ3) is 5.28. The molecule has 2 heterocycles. The molecule has 1 amide bonds. The second-order valence-corrected chi connectivity index (χ2v) is 8.20. The molecule has 2 aromatic rings. The number of hydrogen-bond acceptors (Lipinski definition) is 5. The lowest BCUT2D eigenvalue weighted by atomic mass is 9.91. The van der Waals surface area contributed by atoms with Crippen molar-refractivity contribution in [3.8, 4) is 0 Å². The number of esters is 1. The van der Waals surface area contributed by atoms with Gasteiger partial charge in [-0.25, -0.2) is 9.59 Å². The van der Waals surface area contributed by atoms with Crippen LogP contribution in [0.3, 0.4) is 0 Å². The number of likely N-dealkylation sites (tertiary alicyclic amines) is 1. The number of nitrogens with zero attached hydrogens (tertiary/aromatic N) is 2. The Morgan fingerprint density at radius 3 is 2.40 bits per heavy atom. The topological polar surface area (TPSA) is 84.5 Å². The van der Waals surface area contributed by atoms with Gasteiger partial charge in [-0.3, -0.25) is 5.10 Å². The fourth-order valence-corrected chi connectivity index (χ4v) is 3.44. The van der Waals surface area contributed by atoms with Crippen LogP contribution in [0.4, 0.5) is 4.79 Å². The van der Waals surface area contributed by atoms with Crippen molar-refractivity contribution >= 4 is 17.6 Å². The summed E-state index contributed by atoms with van der Waals surface area (Å²) >= 11 is 0. The molecule has 0 spiro atoms. The first-order valence-corrected chi connectivity index (χ1v) is 10.3. The third-order valence-corrected chi connectivity index (χ3v) is 4.76. The summed E-state index contributed by atoms with van der Waals surface area (Å²) in [5.74, 6) is -0.423. The van der Waals surface area contributed by atoms with Crippen molar-refractivity contribution < 1.29 is 19.1 Å². The first-order chi connectivity index (χ1) is 14.3. The van der Waals surface area contributed by atoms with Crippen molar-refractivity contribution in [1.29, 1.82) is 0 Å². The predicted molar refractivity (Wildman–Crippen MR) is 114 cm³/mol. The highest BCUT2D eigenvalue weighted by Crippen LogP contribution is 2.32. The van der Waals surface area contributed by atoms with Gasteiger partial charge in [0.15, 0.2) is 0 Å². The summed E-state index contributed by atoms with van der Waals surface area (Å²) in [7, 11) is 0. The van der Waals surface area contributed by atoms with Gasteiger partial charge >= 0.3 is 12.1 Å². The van der Waals surface area contributed by atoms with Crippen LogP contribution in [0.25, 0.3) is 5.57 Å². The Bertz CT molecular complexity index is 915. The van der Waals surface area contributed by atoms with Crippen LogP contribution in [0.1, 0.15) is 62.3 Å². The zero-order chi connectivity index (χ0) is 21.7. The molecule has 1 aromatic heterocycles. The summed E-state index contributed by atoms with van der Waals surface area (Å²) in [5.41, 5.74) is 3.73. The van der Waals surface area contributed by atoms with Gasteiger partial charge in [-0.15, -0.1) is 0 Å². The summed E-state index contributed by atoms with van der Waals surface area (Å²) in [6.45, 7) is 8.84. The highest BCUT2D eigenvalue weighted by atomic mass is 16.6. The SMILES string of the molecule is CCOC(=O)c1cc(C(=C2CCN(C(=O)OC(C)(C)C)CC2)c2ccccc2)n[nH]1. The molecule has 1 aliphatic heterocycles. The number of amides is 1. The Balaban J connectivity index is 1.87. The molecule has 1 saturated heterocycles. The number of carbonyl (C=O) groups excluding carboxylic acids is 2. The number of rotatable bonds is 4. The fourth-order valence-electron chi connectivity index (χ4n) is 3.44. The molecule has 30 heavy (non-hydrogen) atoms. The molecule has 1 aromatic carbocycles. The van der Waals surface area contributed by atoms with Crippen molar-refractivity contribution in [2.45, 2.75) is 46.1 Å². The van der Waals surface area contributed by atoms with Crippen LogP contribution in [0.2, 0.25) is 0 Å². The molecule has 1 N–H and O–H groups in total. The van der Waals surface area contributed by atoms with Gasteiger partial charge in [0.2, 0.25) is 0 Å². The van der Waals surface area contributed by atoms with Crippen LogP contribution in [0, 0.1) is 0 Å². The lowest BCUT2D eigenvalue weighted by molar-refractivity contribution is 0.0236. The van der Waals surface area contributed by atoms with Crippen LogP contribution in [0.5, 0.6) is 0 Å². The summed E-state index contributed by atoms with van der Waals surface area (Å²) in [6, 6.07) is 11.7. The number of aromatic amines is 1. The van der Waals surface area contributed by atoms with Gasteiger partial charge in [0.25, 0.3) is 0 Å². The van der Waals surface area contributed by atoms with Crippen molar-refractivity contribution in [3.63, 3.8) is 0 Å². The zero-order valence-corrected chi connectivity index (χ0v) is 18.0. The van der Waals surface area contributed by atoms with Gasteiger partial charge in [0.05, 0.1) is 12.3 Å². The maximum absolute atomic E-state index is 12.4. The molecule has 160 valence electrons. The van der Waals surface area contributed by atoms with Gasteiger partial charge in [-0.05, 0) is 52.2 Å². The normalized spacial score (nSPS) is 14.4. The average molecular weight is 412 g/mol. The minimum absolute atomic E-state index is 0.285. The van der Waals surface area contributed by atoms with E-state index in [1.165, 1.54) is 5.57 Å². The number of aromatic nitrogens is 2. The number of hydrogen-bond donors (Lipinski definition) is 1. The van der Waals surface area contributed by atoms with Gasteiger partial charge in [0.1, 0.15) is 11.3 Å². The van der Waals surface area contributed by atoms with Crippen LogP contribution >= 0.6 is 0 Å². The van der Waals surface area contributed by atoms with Crippen LogP contribution in [-0.2, 0) is 9.47 Å². The number of H-pyrrole nitrogens is 1. The molecule has 3 rings (SSSR count). The van der Waals surface area contributed by atoms with Crippen molar-refractivity contribution in [2.24, 2.45) is 0 Å². The molecule has 0 atom stereocenters. The van der Waals surface area contributed by atoms with Crippen molar-refractivity contribution in [2.75, 3.05) is 19.7 Å². The predicted octanol–water partition coefficient (Wildman–Crippen LogP) is 4.42. The number of carbonyl (C=O) groups is 2. The Hall–Kier alpha value is -3.09. The van der Waals surface area contributed by atoms with Crippen LogP contribution in [-0.4, -0.2) is 52.5 Å². The molecule has 7 nitrogen and oxygen atoms in total. The van der Waals surface area contributed by atoms with Gasteiger partial charge in [0, 0.05) is 18.7 Å². The van der Waals surface area contributed by atoms with E-state index >= 15 is 0 Å².